The molecule has 0 aromatic carbocycles. The van der Waals surface area contributed by atoms with E-state index in [1.807, 2.05) is 0 Å². The number of anilines is 2. The lowest BCUT2D eigenvalue weighted by Gasteiger charge is -2.43. The molecule has 0 aliphatic carbocycles. The number of nitrogens with zero attached hydrogens (tertiary/aromatic N) is 7. The molecule has 0 spiro atoms. The van der Waals surface area contributed by atoms with Crippen molar-refractivity contribution in [2.24, 2.45) is 0 Å². The fourth-order valence-corrected chi connectivity index (χ4v) is 4.37. The van der Waals surface area contributed by atoms with E-state index in [4.69, 9.17) is 0 Å². The van der Waals surface area contributed by atoms with Gasteiger partial charge in [-0.05, 0) is 27.8 Å². The maximum absolute atomic E-state index is 14.4. The SMILES string of the molecule is Cc1cn2cc(NC(=O)c3cnc(N4C[C@@H](C)N(C)[C@@H](C)C4)c4nccnc34)cc(F)c2n1. The molecular weight excluding hydrogens is 423 g/mol. The summed E-state index contributed by atoms with van der Waals surface area (Å²) in [5.74, 6) is -0.240. The molecule has 1 aliphatic heterocycles. The molecule has 0 bridgehead atoms. The first-order valence-corrected chi connectivity index (χ1v) is 10.8. The van der Waals surface area contributed by atoms with E-state index in [-0.39, 0.29) is 11.2 Å². The number of piperazine rings is 1. The van der Waals surface area contributed by atoms with Gasteiger partial charge in [-0.2, -0.15) is 0 Å². The Bertz CT molecular complexity index is 1360. The Labute approximate surface area is 190 Å². The number of hydrogen-bond acceptors (Lipinski definition) is 7. The minimum Gasteiger partial charge on any atom is -0.352 e. The summed E-state index contributed by atoms with van der Waals surface area (Å²) >= 11 is 0. The number of hydrogen-bond donors (Lipinski definition) is 1. The molecule has 0 radical (unpaired) electrons. The maximum Gasteiger partial charge on any atom is 0.259 e. The number of rotatable bonds is 3. The van der Waals surface area contributed by atoms with Gasteiger partial charge >= 0.3 is 0 Å². The molecule has 1 fully saturated rings. The van der Waals surface area contributed by atoms with Crippen LogP contribution in [-0.2, 0) is 0 Å². The highest BCUT2D eigenvalue weighted by Gasteiger charge is 2.29. The van der Waals surface area contributed by atoms with Crippen molar-refractivity contribution in [2.75, 3.05) is 30.4 Å². The van der Waals surface area contributed by atoms with Crippen LogP contribution >= 0.6 is 0 Å². The Morgan fingerprint density at radius 2 is 1.79 bits per heavy atom. The maximum atomic E-state index is 14.4. The standard InChI is InChI=1S/C23H25FN8O/c1-13-9-31-12-16(7-18(24)21(31)28-13)29-23(33)17-8-27-22(20-19(17)25-5-6-26-20)32-10-14(2)30(4)15(3)11-32/h5-9,12,14-15H,10-11H2,1-4H3,(H,29,33)/t14-,15+. The highest BCUT2D eigenvalue weighted by atomic mass is 19.1. The molecule has 5 heterocycles. The van der Waals surface area contributed by atoms with Crippen molar-refractivity contribution in [2.45, 2.75) is 32.9 Å². The van der Waals surface area contributed by atoms with E-state index in [1.54, 1.807) is 36.1 Å². The first kappa shape index (κ1) is 21.2. The Morgan fingerprint density at radius 1 is 1.09 bits per heavy atom. The van der Waals surface area contributed by atoms with E-state index in [9.17, 15) is 9.18 Å². The normalized spacial score (nSPS) is 19.4. The predicted octanol–water partition coefficient (Wildman–Crippen LogP) is 2.90. The summed E-state index contributed by atoms with van der Waals surface area (Å²) in [5, 5.41) is 2.76. The van der Waals surface area contributed by atoms with Crippen molar-refractivity contribution in [3.05, 3.63) is 54.1 Å². The molecule has 1 saturated heterocycles. The lowest BCUT2D eigenvalue weighted by Crippen LogP contribution is -2.55. The zero-order chi connectivity index (χ0) is 23.3. The minimum atomic E-state index is -0.516. The van der Waals surface area contributed by atoms with Crippen LogP contribution in [-0.4, -0.2) is 67.4 Å². The van der Waals surface area contributed by atoms with Crippen molar-refractivity contribution in [3.63, 3.8) is 0 Å². The Morgan fingerprint density at radius 3 is 2.52 bits per heavy atom. The summed E-state index contributed by atoms with van der Waals surface area (Å²) < 4.78 is 16.0. The van der Waals surface area contributed by atoms with E-state index in [0.29, 0.717) is 40.3 Å². The van der Waals surface area contributed by atoms with E-state index in [1.165, 1.54) is 12.3 Å². The zero-order valence-electron chi connectivity index (χ0n) is 18.9. The average Bonchev–Trinajstić information content (AvgIpc) is 3.17. The predicted molar refractivity (Wildman–Crippen MR) is 124 cm³/mol. The van der Waals surface area contributed by atoms with Crippen molar-refractivity contribution in [3.8, 4) is 0 Å². The van der Waals surface area contributed by atoms with Crippen LogP contribution in [0, 0.1) is 12.7 Å². The first-order valence-electron chi connectivity index (χ1n) is 10.8. The molecule has 1 amide bonds. The molecule has 1 aliphatic rings. The monoisotopic (exact) mass is 448 g/mol. The van der Waals surface area contributed by atoms with Crippen LogP contribution in [0.25, 0.3) is 16.7 Å². The summed E-state index contributed by atoms with van der Waals surface area (Å²) in [6, 6.07) is 1.95. The van der Waals surface area contributed by atoms with Crippen LogP contribution in [0.15, 0.2) is 37.1 Å². The van der Waals surface area contributed by atoms with Crippen LogP contribution in [0.1, 0.15) is 29.9 Å². The second kappa shape index (κ2) is 8.04. The van der Waals surface area contributed by atoms with Gasteiger partial charge in [0.2, 0.25) is 0 Å². The first-order chi connectivity index (χ1) is 15.8. The number of carbonyl (C=O) groups is 1. The average molecular weight is 449 g/mol. The fraction of sp³-hybridized carbons (Fsp3) is 0.348. The molecular formula is C23H25FN8O. The van der Waals surface area contributed by atoms with E-state index in [2.05, 4.69) is 55.9 Å². The number of fused-ring (bicyclic) bond motifs is 2. The van der Waals surface area contributed by atoms with Crippen molar-refractivity contribution < 1.29 is 9.18 Å². The van der Waals surface area contributed by atoms with Crippen LogP contribution in [0.5, 0.6) is 0 Å². The number of amides is 1. The van der Waals surface area contributed by atoms with Gasteiger partial charge < -0.3 is 14.6 Å². The lowest BCUT2D eigenvalue weighted by molar-refractivity contribution is 0.102. The number of imidazole rings is 1. The van der Waals surface area contributed by atoms with Crippen molar-refractivity contribution >= 4 is 34.1 Å². The molecule has 0 saturated carbocycles. The Kier molecular flexibility index (Phi) is 5.16. The van der Waals surface area contributed by atoms with Crippen molar-refractivity contribution in [1.82, 2.24) is 29.2 Å². The highest BCUT2D eigenvalue weighted by Crippen LogP contribution is 2.27. The van der Waals surface area contributed by atoms with E-state index >= 15 is 0 Å². The Hall–Kier alpha value is -3.66. The molecule has 2 atom stereocenters. The quantitative estimate of drug-likeness (QED) is 0.515. The molecule has 0 unspecified atom stereocenters. The largest absolute Gasteiger partial charge is 0.352 e. The number of aromatic nitrogens is 5. The topological polar surface area (TPSA) is 91.6 Å². The van der Waals surface area contributed by atoms with E-state index < -0.39 is 11.7 Å². The summed E-state index contributed by atoms with van der Waals surface area (Å²) in [7, 11) is 2.12. The van der Waals surface area contributed by atoms with Gasteiger partial charge in [0.05, 0.1) is 16.9 Å². The van der Waals surface area contributed by atoms with Crippen LogP contribution < -0.4 is 10.2 Å². The lowest BCUT2D eigenvalue weighted by atomic mass is 10.1. The smallest absolute Gasteiger partial charge is 0.259 e. The third-order valence-corrected chi connectivity index (χ3v) is 6.27. The summed E-state index contributed by atoms with van der Waals surface area (Å²) in [4.78, 5) is 35.3. The number of pyridine rings is 2. The zero-order valence-corrected chi connectivity index (χ0v) is 18.9. The van der Waals surface area contributed by atoms with Gasteiger partial charge in [0, 0.05) is 62.2 Å². The van der Waals surface area contributed by atoms with E-state index in [0.717, 1.165) is 13.1 Å². The van der Waals surface area contributed by atoms with Gasteiger partial charge in [-0.15, -0.1) is 0 Å². The summed E-state index contributed by atoms with van der Waals surface area (Å²) in [6.45, 7) is 7.74. The number of halogens is 1. The molecule has 170 valence electrons. The van der Waals surface area contributed by atoms with Gasteiger partial charge in [-0.1, -0.05) is 0 Å². The number of nitrogens with one attached hydrogen (secondary N) is 1. The van der Waals surface area contributed by atoms with Crippen LogP contribution in [0.2, 0.25) is 0 Å². The van der Waals surface area contributed by atoms with Crippen molar-refractivity contribution in [1.29, 1.82) is 0 Å². The number of likely N-dealkylation sites (N-methyl/N-ethyl adjacent to an activating group) is 1. The van der Waals surface area contributed by atoms with Gasteiger partial charge in [0.25, 0.3) is 5.91 Å². The molecule has 4 aromatic heterocycles. The molecule has 33 heavy (non-hydrogen) atoms. The second-order valence-corrected chi connectivity index (χ2v) is 8.66. The molecule has 5 rings (SSSR count). The molecule has 1 N–H and O–H groups in total. The Balaban J connectivity index is 1.49. The van der Waals surface area contributed by atoms with Gasteiger partial charge in [-0.25, -0.2) is 19.3 Å². The highest BCUT2D eigenvalue weighted by molar-refractivity contribution is 6.12. The number of carbonyl (C=O) groups excluding carboxylic acids is 1. The third-order valence-electron chi connectivity index (χ3n) is 6.27. The van der Waals surface area contributed by atoms with Gasteiger partial charge in [0.15, 0.2) is 17.3 Å². The molecule has 9 nitrogen and oxygen atoms in total. The van der Waals surface area contributed by atoms with Gasteiger partial charge in [0.1, 0.15) is 11.0 Å². The van der Waals surface area contributed by atoms with Gasteiger partial charge in [-0.3, -0.25) is 14.7 Å². The summed E-state index contributed by atoms with van der Waals surface area (Å²) in [6.07, 6.45) is 7.99. The minimum absolute atomic E-state index is 0.212. The van der Waals surface area contributed by atoms with Crippen LogP contribution in [0.4, 0.5) is 15.9 Å². The second-order valence-electron chi connectivity index (χ2n) is 8.66. The molecule has 4 aromatic rings. The fourth-order valence-electron chi connectivity index (χ4n) is 4.37. The summed E-state index contributed by atoms with van der Waals surface area (Å²) in [5.41, 5.74) is 2.51. The third kappa shape index (κ3) is 3.76. The van der Waals surface area contributed by atoms with Crippen LogP contribution in [0.3, 0.4) is 0 Å². The number of aryl methyl sites for hydroxylation is 1. The molecule has 10 heteroatoms.